The molecule has 0 spiro atoms. The summed E-state index contributed by atoms with van der Waals surface area (Å²) in [6, 6.07) is 15.5. The molecule has 7 nitrogen and oxygen atoms in total. The molecule has 1 N–H and O–H groups in total. The van der Waals surface area contributed by atoms with Gasteiger partial charge in [0.15, 0.2) is 5.82 Å². The van der Waals surface area contributed by atoms with Gasteiger partial charge in [-0.05, 0) is 37.3 Å². The third kappa shape index (κ3) is 3.80. The molecule has 2 aromatic carbocycles. The standard InChI is InChI=1S/C17H18N4O3S/c1-13-19-17(24-20-13)12-18-14-7-6-10-16(11-14)25(22,23)21(2)15-8-4-3-5-9-15/h3-11,18H,12H2,1-2H3. The van der Waals surface area contributed by atoms with E-state index in [0.29, 0.717) is 29.6 Å². The van der Waals surface area contributed by atoms with Crippen LogP contribution in [0, 0.1) is 6.92 Å². The Labute approximate surface area is 146 Å². The van der Waals surface area contributed by atoms with Crippen molar-refractivity contribution < 1.29 is 12.9 Å². The van der Waals surface area contributed by atoms with Crippen molar-refractivity contribution in [1.29, 1.82) is 0 Å². The molecule has 1 aromatic heterocycles. The van der Waals surface area contributed by atoms with E-state index in [1.54, 1.807) is 55.5 Å². The molecule has 0 atom stereocenters. The van der Waals surface area contributed by atoms with Crippen LogP contribution in [0.2, 0.25) is 0 Å². The van der Waals surface area contributed by atoms with E-state index in [2.05, 4.69) is 15.5 Å². The molecule has 130 valence electrons. The average Bonchev–Trinajstić information content (AvgIpc) is 3.05. The Morgan fingerprint density at radius 2 is 1.88 bits per heavy atom. The largest absolute Gasteiger partial charge is 0.376 e. The van der Waals surface area contributed by atoms with Crippen LogP contribution in [0.25, 0.3) is 0 Å². The Morgan fingerprint density at radius 1 is 1.12 bits per heavy atom. The highest BCUT2D eigenvalue weighted by Crippen LogP contribution is 2.23. The number of rotatable bonds is 6. The summed E-state index contributed by atoms with van der Waals surface area (Å²) in [4.78, 5) is 4.30. The third-order valence-corrected chi connectivity index (χ3v) is 5.41. The molecule has 0 fully saturated rings. The van der Waals surface area contributed by atoms with Crippen molar-refractivity contribution in [3.63, 3.8) is 0 Å². The molecule has 0 radical (unpaired) electrons. The summed E-state index contributed by atoms with van der Waals surface area (Å²) >= 11 is 0. The Hall–Kier alpha value is -2.87. The van der Waals surface area contributed by atoms with Gasteiger partial charge in [0.1, 0.15) is 0 Å². The Kier molecular flexibility index (Phi) is 4.71. The number of nitrogens with one attached hydrogen (secondary N) is 1. The topological polar surface area (TPSA) is 88.3 Å². The Bertz CT molecular complexity index is 955. The van der Waals surface area contributed by atoms with E-state index in [0.717, 1.165) is 0 Å². The first-order chi connectivity index (χ1) is 12.0. The summed E-state index contributed by atoms with van der Waals surface area (Å²) in [5.74, 6) is 0.991. The lowest BCUT2D eigenvalue weighted by atomic mass is 10.3. The maximum atomic E-state index is 12.8. The van der Waals surface area contributed by atoms with Crippen molar-refractivity contribution in [2.24, 2.45) is 0 Å². The minimum Gasteiger partial charge on any atom is -0.376 e. The summed E-state index contributed by atoms with van der Waals surface area (Å²) in [6.07, 6.45) is 0. The van der Waals surface area contributed by atoms with Crippen LogP contribution in [0.4, 0.5) is 11.4 Å². The van der Waals surface area contributed by atoms with Crippen LogP contribution in [0.3, 0.4) is 0 Å². The molecule has 8 heteroatoms. The van der Waals surface area contributed by atoms with Crippen molar-refractivity contribution in [1.82, 2.24) is 10.1 Å². The SMILES string of the molecule is Cc1noc(CNc2cccc(S(=O)(=O)N(C)c3ccccc3)c2)n1. The van der Waals surface area contributed by atoms with Crippen LogP contribution < -0.4 is 9.62 Å². The van der Waals surface area contributed by atoms with E-state index in [-0.39, 0.29) is 4.90 Å². The molecular weight excluding hydrogens is 340 g/mol. The second-order valence-electron chi connectivity index (χ2n) is 5.42. The van der Waals surface area contributed by atoms with Gasteiger partial charge in [0.05, 0.1) is 17.1 Å². The zero-order valence-electron chi connectivity index (χ0n) is 13.9. The number of benzene rings is 2. The molecule has 0 aliphatic carbocycles. The maximum absolute atomic E-state index is 12.8. The highest BCUT2D eigenvalue weighted by atomic mass is 32.2. The second kappa shape index (κ2) is 6.94. The van der Waals surface area contributed by atoms with Gasteiger partial charge in [-0.25, -0.2) is 8.42 Å². The van der Waals surface area contributed by atoms with Crippen LogP contribution in [0.5, 0.6) is 0 Å². The Morgan fingerprint density at radius 3 is 2.56 bits per heavy atom. The summed E-state index contributed by atoms with van der Waals surface area (Å²) in [5.41, 5.74) is 1.25. The van der Waals surface area contributed by atoms with Crippen LogP contribution in [-0.4, -0.2) is 25.6 Å². The summed E-state index contributed by atoms with van der Waals surface area (Å²) in [7, 11) is -2.12. The van der Waals surface area contributed by atoms with Crippen molar-refractivity contribution in [3.05, 3.63) is 66.3 Å². The lowest BCUT2D eigenvalue weighted by Crippen LogP contribution is -2.26. The van der Waals surface area contributed by atoms with Gasteiger partial charge in [0.2, 0.25) is 5.89 Å². The number of para-hydroxylation sites is 1. The molecule has 0 amide bonds. The molecule has 0 aliphatic heterocycles. The number of nitrogens with zero attached hydrogens (tertiary/aromatic N) is 3. The molecule has 25 heavy (non-hydrogen) atoms. The minimum atomic E-state index is -3.65. The van der Waals surface area contributed by atoms with Crippen LogP contribution in [0.15, 0.2) is 64.0 Å². The van der Waals surface area contributed by atoms with E-state index >= 15 is 0 Å². The first kappa shape index (κ1) is 17.0. The first-order valence-electron chi connectivity index (χ1n) is 7.64. The molecule has 0 bridgehead atoms. The van der Waals surface area contributed by atoms with E-state index < -0.39 is 10.0 Å². The second-order valence-corrected chi connectivity index (χ2v) is 7.39. The summed E-state index contributed by atoms with van der Waals surface area (Å²) < 4.78 is 31.9. The quantitative estimate of drug-likeness (QED) is 0.729. The molecule has 0 saturated carbocycles. The van der Waals surface area contributed by atoms with Gasteiger partial charge in [-0.2, -0.15) is 4.98 Å². The number of aromatic nitrogens is 2. The molecular formula is C17H18N4O3S. The molecule has 0 unspecified atom stereocenters. The fourth-order valence-corrected chi connectivity index (χ4v) is 3.53. The monoisotopic (exact) mass is 358 g/mol. The third-order valence-electron chi connectivity index (χ3n) is 3.63. The van der Waals surface area contributed by atoms with Crippen LogP contribution >= 0.6 is 0 Å². The fourth-order valence-electron chi connectivity index (χ4n) is 2.29. The van der Waals surface area contributed by atoms with Gasteiger partial charge in [-0.3, -0.25) is 4.31 Å². The highest BCUT2D eigenvalue weighted by Gasteiger charge is 2.21. The highest BCUT2D eigenvalue weighted by molar-refractivity contribution is 7.92. The van der Waals surface area contributed by atoms with E-state index in [1.165, 1.54) is 11.4 Å². The van der Waals surface area contributed by atoms with Gasteiger partial charge >= 0.3 is 0 Å². The lowest BCUT2D eigenvalue weighted by Gasteiger charge is -2.19. The van der Waals surface area contributed by atoms with Gasteiger partial charge in [0.25, 0.3) is 10.0 Å². The predicted octanol–water partition coefficient (Wildman–Crippen LogP) is 2.82. The van der Waals surface area contributed by atoms with Crippen molar-refractivity contribution >= 4 is 21.4 Å². The van der Waals surface area contributed by atoms with Gasteiger partial charge in [0, 0.05) is 12.7 Å². The van der Waals surface area contributed by atoms with Crippen LogP contribution in [0.1, 0.15) is 11.7 Å². The zero-order valence-corrected chi connectivity index (χ0v) is 14.7. The lowest BCUT2D eigenvalue weighted by molar-refractivity contribution is 0.379. The average molecular weight is 358 g/mol. The fraction of sp³-hybridized carbons (Fsp3) is 0.176. The predicted molar refractivity (Wildman–Crippen MR) is 94.8 cm³/mol. The number of hydrogen-bond acceptors (Lipinski definition) is 6. The number of hydrogen-bond donors (Lipinski definition) is 1. The van der Waals surface area contributed by atoms with E-state index in [1.807, 2.05) is 6.07 Å². The molecule has 3 aromatic rings. The summed E-state index contributed by atoms with van der Waals surface area (Å²) in [5, 5.41) is 6.80. The van der Waals surface area contributed by atoms with E-state index in [4.69, 9.17) is 4.52 Å². The van der Waals surface area contributed by atoms with E-state index in [9.17, 15) is 8.42 Å². The molecule has 0 aliphatic rings. The van der Waals surface area contributed by atoms with Crippen molar-refractivity contribution in [2.75, 3.05) is 16.7 Å². The van der Waals surface area contributed by atoms with Gasteiger partial charge in [-0.1, -0.05) is 29.4 Å². The van der Waals surface area contributed by atoms with Crippen molar-refractivity contribution in [3.8, 4) is 0 Å². The van der Waals surface area contributed by atoms with Crippen molar-refractivity contribution in [2.45, 2.75) is 18.4 Å². The minimum absolute atomic E-state index is 0.200. The number of sulfonamides is 1. The summed E-state index contributed by atoms with van der Waals surface area (Å²) in [6.45, 7) is 2.05. The maximum Gasteiger partial charge on any atom is 0.264 e. The molecule has 1 heterocycles. The first-order valence-corrected chi connectivity index (χ1v) is 9.08. The normalized spacial score (nSPS) is 11.3. The van der Waals surface area contributed by atoms with Crippen LogP contribution in [-0.2, 0) is 16.6 Å². The smallest absolute Gasteiger partial charge is 0.264 e. The van der Waals surface area contributed by atoms with Gasteiger partial charge < -0.3 is 9.84 Å². The van der Waals surface area contributed by atoms with Gasteiger partial charge in [-0.15, -0.1) is 0 Å². The Balaban J connectivity index is 1.80. The zero-order chi connectivity index (χ0) is 17.9. The number of anilines is 2. The molecule has 0 saturated heterocycles. The molecule has 3 rings (SSSR count). The number of aryl methyl sites for hydroxylation is 1.